The summed E-state index contributed by atoms with van der Waals surface area (Å²) in [4.78, 5) is 136. The summed E-state index contributed by atoms with van der Waals surface area (Å²) in [6.45, 7) is 6.69. The molecule has 14 rings (SSSR count). The van der Waals surface area contributed by atoms with E-state index in [2.05, 4.69) is 10.6 Å². The van der Waals surface area contributed by atoms with E-state index in [0.29, 0.717) is 137 Å². The second kappa shape index (κ2) is 39.3. The first-order chi connectivity index (χ1) is 55.7. The van der Waals surface area contributed by atoms with Crippen LogP contribution in [0.15, 0.2) is 144 Å². The Kier molecular flexibility index (Phi) is 30.5. The van der Waals surface area contributed by atoms with Crippen LogP contribution in [0, 0.1) is 97.7 Å². The molecule has 0 saturated heterocycles. The van der Waals surface area contributed by atoms with Gasteiger partial charge in [-0.2, -0.15) is 0 Å². The zero-order valence-corrected chi connectivity index (χ0v) is 64.1. The molecular weight excluding hydrogens is 1570 g/mol. The Morgan fingerprint density at radius 1 is 0.407 bits per heavy atom. The van der Waals surface area contributed by atoms with Crippen molar-refractivity contribution < 1.29 is 124 Å². The lowest BCUT2D eigenvalue weighted by molar-refractivity contribution is -0.139. The molecule has 1 atom stereocenters. The third-order valence-electron chi connectivity index (χ3n) is 20.6. The number of imide groups is 2. The van der Waals surface area contributed by atoms with Crippen molar-refractivity contribution in [2.75, 3.05) is 0 Å². The topological polar surface area (TPSA) is 256 Å². The average Bonchev–Trinajstić information content (AvgIpc) is 1.59. The minimum atomic E-state index is -1.30. The van der Waals surface area contributed by atoms with E-state index in [4.69, 9.17) is 0 Å². The molecule has 6 amide bonds. The fourth-order valence-electron chi connectivity index (χ4n) is 13.6. The number of carbonyl (C=O) groups is 12. The Morgan fingerprint density at radius 2 is 0.788 bits per heavy atom. The van der Waals surface area contributed by atoms with Crippen LogP contribution in [0.5, 0.6) is 0 Å². The van der Waals surface area contributed by atoms with Gasteiger partial charge in [0.2, 0.25) is 37.0 Å². The molecule has 4 fully saturated rings. The summed E-state index contributed by atoms with van der Waals surface area (Å²) in [5.74, 6) is -12.8. The number of amides is 6. The Bertz CT molecular complexity index is 5220. The highest BCUT2D eigenvalue weighted by Crippen LogP contribution is 2.58. The maximum Gasteiger partial charge on any atom is 0.230 e. The molecule has 7 aliphatic carbocycles. The van der Waals surface area contributed by atoms with Gasteiger partial charge in [-0.3, -0.25) is 57.7 Å². The number of hydrogen-bond donors (Lipinski definition) is 3. The number of nitrogens with one attached hydrogen (secondary N) is 2. The maximum absolute atomic E-state index is 13.6. The Hall–Kier alpha value is -12.0. The average molecular weight is 1650 g/mol. The molecule has 4 saturated carbocycles. The number of benzene rings is 7. The molecule has 17 nitrogen and oxygen atoms in total. The molecule has 7 aromatic carbocycles. The van der Waals surface area contributed by atoms with Gasteiger partial charge >= 0.3 is 0 Å². The molecule has 622 valence electrons. The summed E-state index contributed by atoms with van der Waals surface area (Å²) in [5, 5.41) is 15.3. The molecule has 0 aromatic heterocycles. The van der Waals surface area contributed by atoms with Crippen molar-refractivity contribution in [1.82, 2.24) is 20.4 Å². The third kappa shape index (κ3) is 22.6. The zero-order chi connectivity index (χ0) is 87.1. The molecular formula is C87H78F14N4O13. The first-order valence-corrected chi connectivity index (χ1v) is 36.8. The van der Waals surface area contributed by atoms with E-state index in [-0.39, 0.29) is 76.7 Å². The maximum atomic E-state index is 13.6. The zero-order valence-electron chi connectivity index (χ0n) is 64.1. The quantitative estimate of drug-likeness (QED) is 0.0289. The predicted molar refractivity (Wildman–Crippen MR) is 399 cm³/mol. The van der Waals surface area contributed by atoms with Gasteiger partial charge in [-0.05, 0) is 199 Å². The van der Waals surface area contributed by atoms with E-state index >= 15 is 0 Å². The Labute approximate surface area is 667 Å². The van der Waals surface area contributed by atoms with Crippen LogP contribution in [-0.4, -0.2) is 92.6 Å². The number of rotatable bonds is 24. The van der Waals surface area contributed by atoms with Crippen LogP contribution < -0.4 is 10.6 Å². The van der Waals surface area contributed by atoms with Crippen molar-refractivity contribution >= 4 is 88.9 Å². The van der Waals surface area contributed by atoms with E-state index in [1.165, 1.54) is 64.1 Å². The summed E-state index contributed by atoms with van der Waals surface area (Å²) in [6.07, 6.45) is 9.73. The Balaban J connectivity index is 0.000000172. The summed E-state index contributed by atoms with van der Waals surface area (Å²) < 4.78 is 183. The second-order valence-corrected chi connectivity index (χ2v) is 29.2. The fourth-order valence-corrected chi connectivity index (χ4v) is 13.6. The van der Waals surface area contributed by atoms with Crippen LogP contribution >= 0.6 is 0 Å². The largest absolute Gasteiger partial charge is 0.388 e. The Morgan fingerprint density at radius 3 is 1.09 bits per heavy atom. The normalized spacial score (nSPS) is 16.0. The molecule has 0 aliphatic heterocycles. The van der Waals surface area contributed by atoms with Crippen molar-refractivity contribution in [3.05, 3.63) is 265 Å². The molecule has 7 aromatic rings. The number of ketones is 5. The lowest BCUT2D eigenvalue weighted by atomic mass is 9.87. The number of aliphatic hydroxyl groups excluding tert-OH is 1. The van der Waals surface area contributed by atoms with Gasteiger partial charge in [0.05, 0.1) is 22.8 Å². The summed E-state index contributed by atoms with van der Waals surface area (Å²) in [6, 6.07) is 21.7. The van der Waals surface area contributed by atoms with Gasteiger partial charge in [0.15, 0.2) is 17.3 Å². The monoisotopic (exact) mass is 1650 g/mol. The van der Waals surface area contributed by atoms with Crippen LogP contribution in [0.1, 0.15) is 203 Å². The lowest BCUT2D eigenvalue weighted by Gasteiger charge is -2.29. The molecule has 0 spiro atoms. The van der Waals surface area contributed by atoms with Crippen molar-refractivity contribution in [1.29, 1.82) is 0 Å². The molecule has 31 heteroatoms. The molecule has 7 aliphatic rings. The number of aliphatic hydroxyl groups is 1. The number of Topliss-reactive ketones (excluding diaryl/α,β-unsaturated/α-hetero) is 5. The molecule has 0 radical (unpaired) electrons. The highest BCUT2D eigenvalue weighted by atomic mass is 19.2. The van der Waals surface area contributed by atoms with Crippen LogP contribution in [0.4, 0.5) is 61.5 Å². The minimum absolute atomic E-state index is 0.0240. The summed E-state index contributed by atoms with van der Waals surface area (Å²) >= 11 is 0. The predicted octanol–water partition coefficient (Wildman–Crippen LogP) is 17.2. The number of halogens is 14. The van der Waals surface area contributed by atoms with Crippen molar-refractivity contribution in [3.8, 4) is 0 Å². The van der Waals surface area contributed by atoms with E-state index in [0.717, 1.165) is 125 Å². The minimum Gasteiger partial charge on any atom is -0.388 e. The van der Waals surface area contributed by atoms with Crippen LogP contribution in [0.2, 0.25) is 0 Å². The number of aldehydes is 1. The smallest absolute Gasteiger partial charge is 0.230 e. The molecule has 118 heavy (non-hydrogen) atoms. The van der Waals surface area contributed by atoms with E-state index in [9.17, 15) is 124 Å². The van der Waals surface area contributed by atoms with Gasteiger partial charge in [-0.25, -0.2) is 61.5 Å². The first kappa shape index (κ1) is 91.5. The first-order valence-electron chi connectivity index (χ1n) is 36.8. The van der Waals surface area contributed by atoms with E-state index < -0.39 is 133 Å². The molecule has 3 N–H and O–H groups in total. The van der Waals surface area contributed by atoms with Gasteiger partial charge in [-0.1, -0.05) is 6.07 Å². The van der Waals surface area contributed by atoms with Crippen LogP contribution in [0.25, 0.3) is 16.7 Å². The van der Waals surface area contributed by atoms with Gasteiger partial charge in [-0.15, -0.1) is 0 Å². The fraction of sp³-hybridized carbons (Fsp3) is 0.310. The summed E-state index contributed by atoms with van der Waals surface area (Å²) in [7, 11) is 0. The third-order valence-corrected chi connectivity index (χ3v) is 20.6. The molecule has 0 heterocycles. The van der Waals surface area contributed by atoms with Crippen molar-refractivity contribution in [2.45, 2.75) is 155 Å². The van der Waals surface area contributed by atoms with Gasteiger partial charge in [0.1, 0.15) is 105 Å². The van der Waals surface area contributed by atoms with Gasteiger partial charge < -0.3 is 25.3 Å². The lowest BCUT2D eigenvalue weighted by Crippen LogP contribution is -2.45. The SMILES string of the molecule is CC(=O)CC1(C(=O)c2ccc(F)cc2F)CC1.CC(=O)CC1(C(O)c2ccc(F)cc2F)CC1.CC(=O)N(C=O)C1(C(=O)c2ccc(F)cc2F)CC1.CC(=O)N(C=O)C1=C(c2ccc(F)cc2F)CC1.CC(=O)NC1=C(c2ccc(F)cc2F)CC1.O=CCC1(C(=O)c2ccc(F)cc2F)CC1.O=CNC1=C(c2ccc(F)cc2F)CC1. The second-order valence-electron chi connectivity index (χ2n) is 29.2. The number of nitrogens with zero attached hydrogens (tertiary/aromatic N) is 2. The standard InChI is InChI=1S/C13H11F2NO3.C13H11F2NO2.C13H14F2O2.C13H12F2O2.C12H11F2NO.C12H10F2O2.C11H9F2NO/c1-8(18)16(7-17)13(4-5-13)12(19)10-3-2-9(14)6-11(10)15;1-8(18)16(7-17)13-5-4-11(13)10-3-2-9(14)6-12(10)15;2*1-8(16)7-13(4-5-13)12(17)10-3-2-9(14)6-11(10)15;1-7(16)15-12-5-4-10(12)9-3-2-8(13)6-11(9)14;13-8-1-2-9(10(14)7-8)11(16)12(3-4-12)5-6-15;12-7-1-2-8(10(13)5-7)9-3-4-11(9)14-6-15/h2-3,6-7H,4-5H2,1H3;2-3,6-7H,4-5H2,1H3;2-3,6,12,17H,4-5,7H2,1H3;2-3,6H,4-5,7H2,1H3;2-3,6H,4-5H2,1H3,(H,15,16);1-2,6-7H,3-5H2;1-2,5-6H,3-4H2,(H,14,15). The van der Waals surface area contributed by atoms with Crippen molar-refractivity contribution in [2.24, 2.45) is 16.2 Å². The highest BCUT2D eigenvalue weighted by molar-refractivity contribution is 6.09. The van der Waals surface area contributed by atoms with Gasteiger partial charge in [0.25, 0.3) is 0 Å². The van der Waals surface area contributed by atoms with Gasteiger partial charge in [0, 0.05) is 138 Å². The summed E-state index contributed by atoms with van der Waals surface area (Å²) in [5.41, 5.74) is 1.23. The van der Waals surface area contributed by atoms with Crippen LogP contribution in [0.3, 0.4) is 0 Å². The van der Waals surface area contributed by atoms with E-state index in [1.807, 2.05) is 0 Å². The van der Waals surface area contributed by atoms with E-state index in [1.54, 1.807) is 0 Å². The van der Waals surface area contributed by atoms with Crippen LogP contribution in [-0.2, 0) is 43.2 Å². The number of hydrogen-bond acceptors (Lipinski definition) is 13. The molecule has 0 bridgehead atoms. The number of allylic oxidation sites excluding steroid dienone is 6. The highest BCUT2D eigenvalue weighted by Gasteiger charge is 2.57. The van der Waals surface area contributed by atoms with Crippen molar-refractivity contribution in [3.63, 3.8) is 0 Å². The number of carbonyl (C=O) groups excluding carboxylic acids is 12. The molecule has 1 unspecified atom stereocenters.